The van der Waals surface area contributed by atoms with E-state index < -0.39 is 0 Å². The molecule has 1 aliphatic rings. The Morgan fingerprint density at radius 3 is 3.00 bits per heavy atom. The third-order valence-electron chi connectivity index (χ3n) is 3.31. The number of hydrogen-bond acceptors (Lipinski definition) is 2. The van der Waals surface area contributed by atoms with Crippen LogP contribution in [0, 0.1) is 6.92 Å². The molecule has 1 saturated heterocycles. The molecular weight excluding hydrogens is 212 g/mol. The van der Waals surface area contributed by atoms with Gasteiger partial charge in [0.25, 0.3) is 0 Å². The van der Waals surface area contributed by atoms with Gasteiger partial charge in [-0.1, -0.05) is 29.8 Å². The second-order valence-corrected chi connectivity index (χ2v) is 4.89. The van der Waals surface area contributed by atoms with Crippen molar-refractivity contribution in [1.29, 1.82) is 0 Å². The smallest absolute Gasteiger partial charge is 0.222 e. The molecule has 1 aliphatic heterocycles. The Bertz CT molecular complexity index is 403. The number of hydrogen-bond donors (Lipinski definition) is 1. The summed E-state index contributed by atoms with van der Waals surface area (Å²) in [7, 11) is 0. The van der Waals surface area contributed by atoms with Crippen LogP contribution in [-0.4, -0.2) is 23.4 Å². The van der Waals surface area contributed by atoms with Crippen LogP contribution in [-0.2, 0) is 11.3 Å². The minimum Gasteiger partial charge on any atom is -0.338 e. The molecule has 1 aromatic rings. The van der Waals surface area contributed by atoms with Crippen molar-refractivity contribution in [1.82, 2.24) is 4.90 Å². The van der Waals surface area contributed by atoms with E-state index in [1.165, 1.54) is 11.1 Å². The summed E-state index contributed by atoms with van der Waals surface area (Å²) >= 11 is 0. The van der Waals surface area contributed by atoms with Crippen LogP contribution in [0.25, 0.3) is 0 Å². The summed E-state index contributed by atoms with van der Waals surface area (Å²) < 4.78 is 0. The van der Waals surface area contributed by atoms with Crippen molar-refractivity contribution in [2.45, 2.75) is 38.8 Å². The predicted octanol–water partition coefficient (Wildman–Crippen LogP) is 1.83. The molecule has 1 unspecified atom stereocenters. The number of aryl methyl sites for hydroxylation is 1. The molecule has 1 atom stereocenters. The highest BCUT2D eigenvalue weighted by Gasteiger charge is 2.20. The van der Waals surface area contributed by atoms with Crippen molar-refractivity contribution in [3.05, 3.63) is 35.4 Å². The molecule has 0 radical (unpaired) electrons. The molecule has 0 bridgehead atoms. The lowest BCUT2D eigenvalue weighted by molar-refractivity contribution is -0.131. The summed E-state index contributed by atoms with van der Waals surface area (Å²) in [4.78, 5) is 13.9. The maximum absolute atomic E-state index is 11.9. The quantitative estimate of drug-likeness (QED) is 0.845. The minimum absolute atomic E-state index is 0.182. The molecule has 17 heavy (non-hydrogen) atoms. The topological polar surface area (TPSA) is 46.3 Å². The second-order valence-electron chi connectivity index (χ2n) is 4.89. The maximum atomic E-state index is 11.9. The number of nitrogens with two attached hydrogens (primary N) is 1. The average Bonchev–Trinajstić information content (AvgIpc) is 2.45. The van der Waals surface area contributed by atoms with Crippen molar-refractivity contribution in [3.8, 4) is 0 Å². The third-order valence-corrected chi connectivity index (χ3v) is 3.31. The Kier molecular flexibility index (Phi) is 3.79. The Morgan fingerprint density at radius 1 is 1.41 bits per heavy atom. The predicted molar refractivity (Wildman–Crippen MR) is 68.4 cm³/mol. The Hall–Kier alpha value is -1.35. The molecule has 0 saturated carbocycles. The van der Waals surface area contributed by atoms with Crippen LogP contribution in [0.3, 0.4) is 0 Å². The van der Waals surface area contributed by atoms with Crippen LogP contribution in [0.4, 0.5) is 0 Å². The Morgan fingerprint density at radius 2 is 2.24 bits per heavy atom. The third kappa shape index (κ3) is 3.30. The Balaban J connectivity index is 2.04. The summed E-state index contributed by atoms with van der Waals surface area (Å²) in [5, 5.41) is 0. The van der Waals surface area contributed by atoms with E-state index in [9.17, 15) is 4.79 Å². The van der Waals surface area contributed by atoms with E-state index in [4.69, 9.17) is 5.73 Å². The number of likely N-dealkylation sites (tertiary alicyclic amines) is 1. The number of benzene rings is 1. The van der Waals surface area contributed by atoms with E-state index in [1.54, 1.807) is 0 Å². The van der Waals surface area contributed by atoms with Gasteiger partial charge in [0.15, 0.2) is 0 Å². The average molecular weight is 232 g/mol. The molecule has 1 fully saturated rings. The summed E-state index contributed by atoms with van der Waals surface area (Å²) in [6.45, 7) is 3.57. The van der Waals surface area contributed by atoms with Crippen LogP contribution in [0.5, 0.6) is 0 Å². The van der Waals surface area contributed by atoms with Crippen LogP contribution in [0.1, 0.15) is 30.4 Å². The number of carbonyl (C=O) groups excluding carboxylic acids is 1. The lowest BCUT2D eigenvalue weighted by atomic mass is 10.1. The molecule has 3 nitrogen and oxygen atoms in total. The van der Waals surface area contributed by atoms with Crippen LogP contribution in [0.2, 0.25) is 0 Å². The van der Waals surface area contributed by atoms with Gasteiger partial charge in [-0.3, -0.25) is 4.79 Å². The van der Waals surface area contributed by atoms with Gasteiger partial charge in [-0.25, -0.2) is 0 Å². The van der Waals surface area contributed by atoms with Crippen molar-refractivity contribution >= 4 is 5.91 Å². The summed E-state index contributed by atoms with van der Waals surface area (Å²) in [5.41, 5.74) is 8.34. The second kappa shape index (κ2) is 5.32. The molecule has 0 aromatic heterocycles. The summed E-state index contributed by atoms with van der Waals surface area (Å²) in [6, 6.07) is 8.51. The first-order valence-electron chi connectivity index (χ1n) is 6.24. The molecule has 1 amide bonds. The molecule has 0 aliphatic carbocycles. The van der Waals surface area contributed by atoms with Crippen LogP contribution in [0.15, 0.2) is 24.3 Å². The molecule has 2 rings (SSSR count). The fourth-order valence-corrected chi connectivity index (χ4v) is 2.26. The van der Waals surface area contributed by atoms with Crippen LogP contribution >= 0.6 is 0 Å². The Labute approximate surface area is 103 Å². The van der Waals surface area contributed by atoms with Crippen molar-refractivity contribution < 1.29 is 4.79 Å². The zero-order valence-electron chi connectivity index (χ0n) is 10.4. The van der Waals surface area contributed by atoms with Crippen LogP contribution < -0.4 is 5.73 Å². The zero-order chi connectivity index (χ0) is 12.3. The van der Waals surface area contributed by atoms with Gasteiger partial charge in [0.05, 0.1) is 0 Å². The van der Waals surface area contributed by atoms with Gasteiger partial charge in [-0.05, 0) is 25.3 Å². The monoisotopic (exact) mass is 232 g/mol. The summed E-state index contributed by atoms with van der Waals surface area (Å²) in [5.74, 6) is 0.236. The highest BCUT2D eigenvalue weighted by atomic mass is 16.2. The summed E-state index contributed by atoms with van der Waals surface area (Å²) in [6.07, 6.45) is 2.33. The van der Waals surface area contributed by atoms with E-state index >= 15 is 0 Å². The SMILES string of the molecule is Cc1cccc(CN2CCC(N)CCC2=O)c1. The molecule has 3 heteroatoms. The van der Waals surface area contributed by atoms with Gasteiger partial charge in [0.1, 0.15) is 0 Å². The van der Waals surface area contributed by atoms with Gasteiger partial charge in [-0.15, -0.1) is 0 Å². The van der Waals surface area contributed by atoms with Gasteiger partial charge >= 0.3 is 0 Å². The van der Waals surface area contributed by atoms with Crippen molar-refractivity contribution in [2.75, 3.05) is 6.54 Å². The molecular formula is C14H20N2O. The fraction of sp³-hybridized carbons (Fsp3) is 0.500. The van der Waals surface area contributed by atoms with E-state index in [2.05, 4.69) is 25.1 Å². The first-order chi connectivity index (χ1) is 8.15. The highest BCUT2D eigenvalue weighted by molar-refractivity contribution is 5.76. The number of nitrogens with zero attached hydrogens (tertiary/aromatic N) is 1. The lowest BCUT2D eigenvalue weighted by Crippen LogP contribution is -2.30. The number of carbonyl (C=O) groups is 1. The molecule has 1 heterocycles. The van der Waals surface area contributed by atoms with E-state index in [0.717, 1.165) is 19.4 Å². The van der Waals surface area contributed by atoms with Crippen molar-refractivity contribution in [3.63, 3.8) is 0 Å². The fourth-order valence-electron chi connectivity index (χ4n) is 2.26. The largest absolute Gasteiger partial charge is 0.338 e. The zero-order valence-corrected chi connectivity index (χ0v) is 10.4. The first kappa shape index (κ1) is 12.1. The maximum Gasteiger partial charge on any atom is 0.222 e. The first-order valence-corrected chi connectivity index (χ1v) is 6.24. The van der Waals surface area contributed by atoms with E-state index in [-0.39, 0.29) is 11.9 Å². The molecule has 1 aromatic carbocycles. The van der Waals surface area contributed by atoms with Gasteiger partial charge < -0.3 is 10.6 Å². The van der Waals surface area contributed by atoms with Gasteiger partial charge in [0, 0.05) is 25.6 Å². The van der Waals surface area contributed by atoms with Gasteiger partial charge in [0.2, 0.25) is 5.91 Å². The lowest BCUT2D eigenvalue weighted by Gasteiger charge is -2.20. The minimum atomic E-state index is 0.182. The molecule has 0 spiro atoms. The normalized spacial score (nSPS) is 21.4. The number of amides is 1. The van der Waals surface area contributed by atoms with Gasteiger partial charge in [-0.2, -0.15) is 0 Å². The highest BCUT2D eigenvalue weighted by Crippen LogP contribution is 2.14. The molecule has 92 valence electrons. The van der Waals surface area contributed by atoms with E-state index in [0.29, 0.717) is 13.0 Å². The van der Waals surface area contributed by atoms with Crippen molar-refractivity contribution in [2.24, 2.45) is 5.73 Å². The van der Waals surface area contributed by atoms with E-state index in [1.807, 2.05) is 11.0 Å². The standard InChI is InChI=1S/C14H20N2O/c1-11-3-2-4-12(9-11)10-16-8-7-13(15)5-6-14(16)17/h2-4,9,13H,5-8,10,15H2,1H3. The number of rotatable bonds is 2. The molecule has 2 N–H and O–H groups in total.